The molecule has 1 heterocycles. The third-order valence-corrected chi connectivity index (χ3v) is 5.28. The number of hydrogen-bond acceptors (Lipinski definition) is 4. The van der Waals surface area contributed by atoms with Crippen molar-refractivity contribution in [3.8, 4) is 0 Å². The van der Waals surface area contributed by atoms with Crippen LogP contribution in [0.3, 0.4) is 0 Å². The van der Waals surface area contributed by atoms with Crippen LogP contribution in [-0.4, -0.2) is 54.4 Å². The summed E-state index contributed by atoms with van der Waals surface area (Å²) in [6.45, 7) is 12.1. The Balaban J connectivity index is 1.96. The monoisotopic (exact) mass is 363 g/mol. The summed E-state index contributed by atoms with van der Waals surface area (Å²) in [6, 6.07) is 4.41. The number of hydrogen-bond donors (Lipinski definition) is 1. The molecule has 6 heteroatoms. The van der Waals surface area contributed by atoms with E-state index in [0.29, 0.717) is 37.4 Å². The van der Waals surface area contributed by atoms with Crippen molar-refractivity contribution in [2.75, 3.05) is 31.1 Å². The predicted octanol–water partition coefficient (Wildman–Crippen LogP) is 2.84. The Labute approximate surface area is 155 Å². The molecule has 1 aromatic carbocycles. The third kappa shape index (κ3) is 4.81. The maximum absolute atomic E-state index is 14.3. The highest BCUT2D eigenvalue weighted by Gasteiger charge is 2.29. The molecule has 1 fully saturated rings. The summed E-state index contributed by atoms with van der Waals surface area (Å²) in [5.74, 6) is -0.487. The van der Waals surface area contributed by atoms with Crippen molar-refractivity contribution in [3.05, 3.63) is 29.6 Å². The molecule has 1 aliphatic rings. The maximum atomic E-state index is 14.3. The number of nitrogens with one attached hydrogen (secondary N) is 1. The summed E-state index contributed by atoms with van der Waals surface area (Å²) in [4.78, 5) is 27.9. The summed E-state index contributed by atoms with van der Waals surface area (Å²) < 4.78 is 14.3. The van der Waals surface area contributed by atoms with Gasteiger partial charge in [-0.1, -0.05) is 6.92 Å². The number of nitrogens with zero attached hydrogens (tertiary/aromatic N) is 2. The van der Waals surface area contributed by atoms with E-state index in [2.05, 4.69) is 17.1 Å². The van der Waals surface area contributed by atoms with Crippen LogP contribution < -0.4 is 10.2 Å². The number of amides is 1. The van der Waals surface area contributed by atoms with E-state index in [0.717, 1.165) is 6.42 Å². The van der Waals surface area contributed by atoms with Gasteiger partial charge in [0.1, 0.15) is 5.82 Å². The molecule has 1 aromatic rings. The number of halogens is 1. The third-order valence-electron chi connectivity index (χ3n) is 5.28. The lowest BCUT2D eigenvalue weighted by atomic mass is 10.0. The van der Waals surface area contributed by atoms with E-state index in [1.165, 1.54) is 13.0 Å². The molecule has 5 nitrogen and oxygen atoms in total. The second-order valence-electron chi connectivity index (χ2n) is 7.65. The summed E-state index contributed by atoms with van der Waals surface area (Å²) >= 11 is 0. The van der Waals surface area contributed by atoms with Gasteiger partial charge in [-0.25, -0.2) is 4.39 Å². The first-order valence-electron chi connectivity index (χ1n) is 9.26. The molecule has 1 unspecified atom stereocenters. The molecule has 0 aromatic heterocycles. The molecular weight excluding hydrogens is 333 g/mol. The first-order chi connectivity index (χ1) is 12.1. The molecule has 2 rings (SSSR count). The number of carbonyl (C=O) groups is 2. The van der Waals surface area contributed by atoms with Gasteiger partial charge in [0.05, 0.1) is 11.7 Å². The fraction of sp³-hybridized carbons (Fsp3) is 0.600. The molecule has 1 saturated heterocycles. The number of benzene rings is 1. The van der Waals surface area contributed by atoms with Crippen LogP contribution in [0.15, 0.2) is 18.2 Å². The van der Waals surface area contributed by atoms with Crippen molar-refractivity contribution < 1.29 is 14.0 Å². The number of piperazine rings is 1. The highest BCUT2D eigenvalue weighted by Crippen LogP contribution is 2.23. The number of carbonyl (C=O) groups excluding carboxylic acids is 2. The van der Waals surface area contributed by atoms with Gasteiger partial charge in [-0.2, -0.15) is 0 Å². The Kier molecular flexibility index (Phi) is 6.39. The van der Waals surface area contributed by atoms with Crippen LogP contribution >= 0.6 is 0 Å². The molecule has 144 valence electrons. The Morgan fingerprint density at radius 3 is 2.35 bits per heavy atom. The minimum Gasteiger partial charge on any atom is -0.367 e. The van der Waals surface area contributed by atoms with Crippen molar-refractivity contribution in [3.63, 3.8) is 0 Å². The fourth-order valence-corrected chi connectivity index (χ4v) is 3.02. The Hall–Kier alpha value is -1.95. The Morgan fingerprint density at radius 2 is 1.85 bits per heavy atom. The topological polar surface area (TPSA) is 52.7 Å². The lowest BCUT2D eigenvalue weighted by molar-refractivity contribution is -0.127. The molecule has 0 radical (unpaired) electrons. The zero-order valence-electron chi connectivity index (χ0n) is 16.4. The van der Waals surface area contributed by atoms with E-state index < -0.39 is 0 Å². The van der Waals surface area contributed by atoms with Gasteiger partial charge in [0, 0.05) is 37.3 Å². The average Bonchev–Trinajstić information content (AvgIpc) is 2.60. The number of Topliss-reactive ketones (excluding diaryl/α,β-unsaturated/α-hetero) is 1. The highest BCUT2D eigenvalue weighted by molar-refractivity contribution is 5.94. The molecule has 0 spiro atoms. The molecule has 1 amide bonds. The van der Waals surface area contributed by atoms with Crippen LogP contribution in [0.4, 0.5) is 10.1 Å². The zero-order valence-corrected chi connectivity index (χ0v) is 16.4. The van der Waals surface area contributed by atoms with Crippen molar-refractivity contribution in [1.82, 2.24) is 10.2 Å². The first-order valence-corrected chi connectivity index (χ1v) is 9.26. The van der Waals surface area contributed by atoms with Crippen LogP contribution in [0.2, 0.25) is 0 Å². The van der Waals surface area contributed by atoms with Crippen LogP contribution in [-0.2, 0) is 4.79 Å². The number of ketones is 1. The molecular formula is C20H30FN3O2. The Morgan fingerprint density at radius 1 is 1.23 bits per heavy atom. The minimum absolute atomic E-state index is 0.0299. The first kappa shape index (κ1) is 20.4. The predicted molar refractivity (Wildman–Crippen MR) is 102 cm³/mol. The van der Waals surface area contributed by atoms with Crippen LogP contribution in [0.25, 0.3) is 0 Å². The smallest absolute Gasteiger partial charge is 0.237 e. The van der Waals surface area contributed by atoms with Crippen molar-refractivity contribution in [2.45, 2.75) is 52.6 Å². The molecule has 1 N–H and O–H groups in total. The van der Waals surface area contributed by atoms with Crippen molar-refractivity contribution >= 4 is 17.4 Å². The highest BCUT2D eigenvalue weighted by atomic mass is 19.1. The second kappa shape index (κ2) is 8.16. The van der Waals surface area contributed by atoms with Gasteiger partial charge < -0.3 is 10.2 Å². The number of anilines is 1. The van der Waals surface area contributed by atoms with Gasteiger partial charge in [-0.05, 0) is 52.3 Å². The summed E-state index contributed by atoms with van der Waals surface area (Å²) in [5.41, 5.74) is 0.682. The van der Waals surface area contributed by atoms with Crippen molar-refractivity contribution in [2.24, 2.45) is 0 Å². The van der Waals surface area contributed by atoms with Crippen LogP contribution in [0, 0.1) is 5.82 Å². The molecule has 0 bridgehead atoms. The molecule has 0 aliphatic carbocycles. The van der Waals surface area contributed by atoms with Gasteiger partial charge >= 0.3 is 0 Å². The number of rotatable bonds is 6. The summed E-state index contributed by atoms with van der Waals surface area (Å²) in [7, 11) is 0. The van der Waals surface area contributed by atoms with Gasteiger partial charge in [0.15, 0.2) is 5.78 Å². The van der Waals surface area contributed by atoms with Crippen molar-refractivity contribution in [1.29, 1.82) is 0 Å². The lowest BCUT2D eigenvalue weighted by Crippen LogP contribution is -2.56. The van der Waals surface area contributed by atoms with E-state index in [4.69, 9.17) is 0 Å². The molecule has 1 aliphatic heterocycles. The normalized spacial score (nSPS) is 17.1. The van der Waals surface area contributed by atoms with Gasteiger partial charge in [0.2, 0.25) is 5.91 Å². The van der Waals surface area contributed by atoms with E-state index in [1.54, 1.807) is 12.1 Å². The van der Waals surface area contributed by atoms with E-state index in [9.17, 15) is 14.0 Å². The van der Waals surface area contributed by atoms with E-state index in [-0.39, 0.29) is 29.1 Å². The second-order valence-corrected chi connectivity index (χ2v) is 7.65. The quantitative estimate of drug-likeness (QED) is 0.790. The van der Waals surface area contributed by atoms with Gasteiger partial charge in [-0.15, -0.1) is 0 Å². The summed E-state index contributed by atoms with van der Waals surface area (Å²) in [5, 5.41) is 3.09. The van der Waals surface area contributed by atoms with Crippen LogP contribution in [0.5, 0.6) is 0 Å². The van der Waals surface area contributed by atoms with Gasteiger partial charge in [0.25, 0.3) is 0 Å². The van der Waals surface area contributed by atoms with E-state index in [1.807, 2.05) is 25.7 Å². The fourth-order valence-electron chi connectivity index (χ4n) is 3.02. The minimum atomic E-state index is -0.373. The average molecular weight is 363 g/mol. The molecule has 0 saturated carbocycles. The standard InChI is InChI=1S/C20H30FN3O2/c1-6-20(4,5)22-19(26)14(2)23-9-11-24(12-10-23)18-8-7-16(15(3)25)13-17(18)21/h7-8,13-14H,6,9-12H2,1-5H3,(H,22,26). The molecule has 26 heavy (non-hydrogen) atoms. The largest absolute Gasteiger partial charge is 0.367 e. The lowest BCUT2D eigenvalue weighted by Gasteiger charge is -2.39. The Bertz CT molecular complexity index is 667. The zero-order chi connectivity index (χ0) is 19.5. The van der Waals surface area contributed by atoms with Crippen LogP contribution in [0.1, 0.15) is 51.4 Å². The van der Waals surface area contributed by atoms with E-state index >= 15 is 0 Å². The van der Waals surface area contributed by atoms with Gasteiger partial charge in [-0.3, -0.25) is 14.5 Å². The maximum Gasteiger partial charge on any atom is 0.237 e. The summed E-state index contributed by atoms with van der Waals surface area (Å²) in [6.07, 6.45) is 0.870. The SMILES string of the molecule is CCC(C)(C)NC(=O)C(C)N1CCN(c2ccc(C(C)=O)cc2F)CC1. The molecule has 1 atom stereocenters.